The second-order valence-electron chi connectivity index (χ2n) is 7.12. The number of hydrogen-bond acceptors (Lipinski definition) is 4. The maximum Gasteiger partial charge on any atom is 0.270 e. The Morgan fingerprint density at radius 3 is 2.61 bits per heavy atom. The fourth-order valence-corrected chi connectivity index (χ4v) is 3.45. The molecule has 2 heterocycles. The first-order valence-corrected chi connectivity index (χ1v) is 9.49. The van der Waals surface area contributed by atoms with Gasteiger partial charge in [0.1, 0.15) is 11.4 Å². The zero-order valence-electron chi connectivity index (χ0n) is 15.8. The van der Waals surface area contributed by atoms with Gasteiger partial charge in [-0.2, -0.15) is 0 Å². The minimum Gasteiger partial charge on any atom is -0.479 e. The van der Waals surface area contributed by atoms with Crippen LogP contribution in [-0.4, -0.2) is 34.1 Å². The fourth-order valence-electron chi connectivity index (χ4n) is 3.32. The van der Waals surface area contributed by atoms with Gasteiger partial charge in [0.25, 0.3) is 5.91 Å². The lowest BCUT2D eigenvalue weighted by atomic mass is 9.96. The summed E-state index contributed by atoms with van der Waals surface area (Å²) in [6.07, 6.45) is 5.66. The molecule has 28 heavy (non-hydrogen) atoms. The number of ether oxygens (including phenoxy) is 1. The van der Waals surface area contributed by atoms with Crippen LogP contribution < -0.4 is 10.1 Å². The maximum atomic E-state index is 12.7. The lowest BCUT2D eigenvalue weighted by molar-refractivity contribution is 0.0944. The van der Waals surface area contributed by atoms with Gasteiger partial charge in [0.05, 0.1) is 19.1 Å². The van der Waals surface area contributed by atoms with Crippen LogP contribution >= 0.6 is 11.6 Å². The number of rotatable bonds is 6. The zero-order chi connectivity index (χ0) is 19.7. The smallest absolute Gasteiger partial charge is 0.270 e. The monoisotopic (exact) mass is 396 g/mol. The van der Waals surface area contributed by atoms with Crippen molar-refractivity contribution in [1.29, 1.82) is 0 Å². The van der Waals surface area contributed by atoms with Gasteiger partial charge in [-0.25, -0.2) is 9.97 Å². The van der Waals surface area contributed by atoms with Crippen LogP contribution in [0.1, 0.15) is 34.6 Å². The van der Waals surface area contributed by atoms with Crippen molar-refractivity contribution >= 4 is 17.5 Å². The standard InChI is InChI=1S/C21H21ClN4O2/c1-14-11-26(13-24-14)18-8-7-17(25-20(18)28-2)19(27)23-12-21(9-10-21)15-3-5-16(22)6-4-15/h3-8,11,13H,9-10,12H2,1-2H3,(H,23,27). The Balaban J connectivity index is 1.48. The molecule has 0 radical (unpaired) electrons. The lowest BCUT2D eigenvalue weighted by Gasteiger charge is -2.17. The van der Waals surface area contributed by atoms with Gasteiger partial charge in [-0.3, -0.25) is 4.79 Å². The average molecular weight is 397 g/mol. The second kappa shape index (κ2) is 7.28. The number of hydrogen-bond donors (Lipinski definition) is 1. The lowest BCUT2D eigenvalue weighted by Crippen LogP contribution is -2.32. The summed E-state index contributed by atoms with van der Waals surface area (Å²) in [5.74, 6) is 0.163. The molecule has 1 amide bonds. The van der Waals surface area contributed by atoms with Crippen LogP contribution in [-0.2, 0) is 5.41 Å². The van der Waals surface area contributed by atoms with Crippen LogP contribution in [0.3, 0.4) is 0 Å². The number of methoxy groups -OCH3 is 1. The van der Waals surface area contributed by atoms with Crippen LogP contribution in [0.25, 0.3) is 5.69 Å². The van der Waals surface area contributed by atoms with Gasteiger partial charge in [0.2, 0.25) is 5.88 Å². The Kier molecular flexibility index (Phi) is 4.81. The van der Waals surface area contributed by atoms with Crippen molar-refractivity contribution in [2.24, 2.45) is 0 Å². The normalized spacial score (nSPS) is 14.5. The van der Waals surface area contributed by atoms with E-state index in [-0.39, 0.29) is 11.3 Å². The van der Waals surface area contributed by atoms with Gasteiger partial charge in [0.15, 0.2) is 0 Å². The number of aryl methyl sites for hydroxylation is 1. The SMILES string of the molecule is COc1nc(C(=O)NCC2(c3ccc(Cl)cc3)CC2)ccc1-n1cnc(C)c1. The molecule has 4 rings (SSSR count). The van der Waals surface area contributed by atoms with Crippen LogP contribution in [0, 0.1) is 6.92 Å². The molecule has 1 aliphatic carbocycles. The molecule has 0 unspecified atom stereocenters. The summed E-state index contributed by atoms with van der Waals surface area (Å²) in [5.41, 5.74) is 3.15. The minimum atomic E-state index is -0.216. The third-order valence-electron chi connectivity index (χ3n) is 5.15. The molecule has 2 aromatic heterocycles. The van der Waals surface area contributed by atoms with Crippen molar-refractivity contribution in [3.05, 3.63) is 70.9 Å². The number of carbonyl (C=O) groups excluding carboxylic acids is 1. The number of halogens is 1. The highest BCUT2D eigenvalue weighted by molar-refractivity contribution is 6.30. The highest BCUT2D eigenvalue weighted by atomic mass is 35.5. The Bertz CT molecular complexity index is 1010. The van der Waals surface area contributed by atoms with E-state index >= 15 is 0 Å². The first kappa shape index (κ1) is 18.5. The van der Waals surface area contributed by atoms with Crippen LogP contribution in [0.5, 0.6) is 5.88 Å². The van der Waals surface area contributed by atoms with Gasteiger partial charge in [-0.05, 0) is 49.6 Å². The van der Waals surface area contributed by atoms with Crippen molar-refractivity contribution in [3.63, 3.8) is 0 Å². The summed E-state index contributed by atoms with van der Waals surface area (Å²) in [4.78, 5) is 21.3. The molecule has 1 aliphatic rings. The predicted octanol–water partition coefficient (Wildman–Crippen LogP) is 3.70. The van der Waals surface area contributed by atoms with E-state index in [9.17, 15) is 4.79 Å². The summed E-state index contributed by atoms with van der Waals surface area (Å²) < 4.78 is 7.21. The Morgan fingerprint density at radius 2 is 2.00 bits per heavy atom. The molecule has 1 N–H and O–H groups in total. The van der Waals surface area contributed by atoms with E-state index < -0.39 is 0 Å². The van der Waals surface area contributed by atoms with E-state index in [0.717, 1.165) is 24.2 Å². The molecule has 0 atom stereocenters. The summed E-state index contributed by atoms with van der Waals surface area (Å²) in [6.45, 7) is 2.48. The highest BCUT2D eigenvalue weighted by Gasteiger charge is 2.44. The quantitative estimate of drug-likeness (QED) is 0.689. The van der Waals surface area contributed by atoms with Gasteiger partial charge in [0, 0.05) is 23.2 Å². The molecule has 1 saturated carbocycles. The van der Waals surface area contributed by atoms with E-state index in [0.29, 0.717) is 23.1 Å². The molecule has 0 bridgehead atoms. The number of carbonyl (C=O) groups is 1. The molecule has 7 heteroatoms. The van der Waals surface area contributed by atoms with Gasteiger partial charge in [-0.1, -0.05) is 23.7 Å². The van der Waals surface area contributed by atoms with Gasteiger partial charge >= 0.3 is 0 Å². The van der Waals surface area contributed by atoms with E-state index in [2.05, 4.69) is 15.3 Å². The van der Waals surface area contributed by atoms with E-state index in [1.165, 1.54) is 12.7 Å². The number of nitrogens with zero attached hydrogens (tertiary/aromatic N) is 3. The molecule has 0 aliphatic heterocycles. The topological polar surface area (TPSA) is 69.0 Å². The number of nitrogens with one attached hydrogen (secondary N) is 1. The number of aromatic nitrogens is 3. The van der Waals surface area contributed by atoms with E-state index in [4.69, 9.17) is 16.3 Å². The molecular formula is C21H21ClN4O2. The first-order chi connectivity index (χ1) is 13.5. The van der Waals surface area contributed by atoms with Crippen LogP contribution in [0.4, 0.5) is 0 Å². The van der Waals surface area contributed by atoms with Crippen molar-refractivity contribution in [3.8, 4) is 11.6 Å². The Hall–Kier alpha value is -2.86. The van der Waals surface area contributed by atoms with Crippen molar-refractivity contribution in [2.75, 3.05) is 13.7 Å². The highest BCUT2D eigenvalue weighted by Crippen LogP contribution is 2.47. The molecule has 3 aromatic rings. The maximum absolute atomic E-state index is 12.7. The Morgan fingerprint density at radius 1 is 1.25 bits per heavy atom. The predicted molar refractivity (Wildman–Crippen MR) is 107 cm³/mol. The van der Waals surface area contributed by atoms with Crippen molar-refractivity contribution in [1.82, 2.24) is 19.9 Å². The number of imidazole rings is 1. The molecule has 144 valence electrons. The second-order valence-corrected chi connectivity index (χ2v) is 7.55. The molecule has 1 fully saturated rings. The van der Waals surface area contributed by atoms with E-state index in [1.807, 2.05) is 48.0 Å². The minimum absolute atomic E-state index is 0.00138. The van der Waals surface area contributed by atoms with Crippen LogP contribution in [0.15, 0.2) is 48.9 Å². The van der Waals surface area contributed by atoms with Crippen LogP contribution in [0.2, 0.25) is 5.02 Å². The number of benzene rings is 1. The van der Waals surface area contributed by atoms with Gasteiger partial charge < -0.3 is 14.6 Å². The van der Waals surface area contributed by atoms with Crippen molar-refractivity contribution in [2.45, 2.75) is 25.2 Å². The Labute approximate surface area is 168 Å². The first-order valence-electron chi connectivity index (χ1n) is 9.11. The molecule has 0 saturated heterocycles. The fraction of sp³-hybridized carbons (Fsp3) is 0.286. The number of pyridine rings is 1. The summed E-state index contributed by atoms with van der Waals surface area (Å²) in [6, 6.07) is 11.4. The zero-order valence-corrected chi connectivity index (χ0v) is 16.5. The van der Waals surface area contributed by atoms with Crippen molar-refractivity contribution < 1.29 is 9.53 Å². The number of amides is 1. The van der Waals surface area contributed by atoms with Gasteiger partial charge in [-0.15, -0.1) is 0 Å². The third kappa shape index (κ3) is 3.60. The molecule has 1 aromatic carbocycles. The third-order valence-corrected chi connectivity index (χ3v) is 5.41. The average Bonchev–Trinajstić information content (AvgIpc) is 3.39. The summed E-state index contributed by atoms with van der Waals surface area (Å²) >= 11 is 5.98. The van der Waals surface area contributed by atoms with E-state index in [1.54, 1.807) is 12.4 Å². The molecular weight excluding hydrogens is 376 g/mol. The summed E-state index contributed by atoms with van der Waals surface area (Å²) in [5, 5.41) is 3.74. The summed E-state index contributed by atoms with van der Waals surface area (Å²) in [7, 11) is 1.54. The molecule has 0 spiro atoms. The molecule has 6 nitrogen and oxygen atoms in total. The largest absolute Gasteiger partial charge is 0.479 e.